The number of nitrogens with zero attached hydrogens (tertiary/aromatic N) is 1. The Bertz CT molecular complexity index is 667. The molecule has 1 aromatic rings. The van der Waals surface area contributed by atoms with Crippen LogP contribution in [-0.2, 0) is 9.59 Å². The van der Waals surface area contributed by atoms with E-state index < -0.39 is 22.7 Å². The number of carboxylic acids is 1. The van der Waals surface area contributed by atoms with Gasteiger partial charge < -0.3 is 10.4 Å². The predicted octanol–water partition coefficient (Wildman–Crippen LogP) is 2.06. The number of carbonyl (C=O) groups excluding carboxylic acids is 1. The number of carbonyl (C=O) groups is 2. The second-order valence-electron chi connectivity index (χ2n) is 5.63. The van der Waals surface area contributed by atoms with Crippen molar-refractivity contribution < 1.29 is 19.6 Å². The molecular formula is C15H14N2O5. The molecule has 0 saturated heterocycles. The topological polar surface area (TPSA) is 110 Å². The fraction of sp³-hybridized carbons (Fsp3) is 0.333. The van der Waals surface area contributed by atoms with Gasteiger partial charge in [-0.3, -0.25) is 19.7 Å². The van der Waals surface area contributed by atoms with Crippen molar-refractivity contribution in [3.63, 3.8) is 0 Å². The number of anilines is 1. The number of amides is 1. The van der Waals surface area contributed by atoms with Crippen LogP contribution in [-0.4, -0.2) is 21.9 Å². The van der Waals surface area contributed by atoms with Gasteiger partial charge in [0.1, 0.15) is 0 Å². The highest BCUT2D eigenvalue weighted by Crippen LogP contribution is 2.48. The average Bonchev–Trinajstić information content (AvgIpc) is 3.08. The molecule has 2 bridgehead atoms. The van der Waals surface area contributed by atoms with Gasteiger partial charge in [-0.15, -0.1) is 0 Å². The van der Waals surface area contributed by atoms with E-state index in [-0.39, 0.29) is 23.4 Å². The minimum absolute atomic E-state index is 0.0517. The number of carboxylic acid groups (broad SMARTS) is 1. The van der Waals surface area contributed by atoms with Crippen LogP contribution in [0.5, 0.6) is 0 Å². The van der Waals surface area contributed by atoms with Crippen molar-refractivity contribution in [1.82, 2.24) is 0 Å². The van der Waals surface area contributed by atoms with Crippen molar-refractivity contribution in [2.24, 2.45) is 23.7 Å². The third kappa shape index (κ3) is 2.34. The number of benzene rings is 1. The summed E-state index contributed by atoms with van der Waals surface area (Å²) in [7, 11) is 0. The fourth-order valence-corrected chi connectivity index (χ4v) is 3.41. The van der Waals surface area contributed by atoms with Gasteiger partial charge in [-0.25, -0.2) is 0 Å². The largest absolute Gasteiger partial charge is 0.481 e. The summed E-state index contributed by atoms with van der Waals surface area (Å²) in [6.07, 6.45) is 4.47. The van der Waals surface area contributed by atoms with Crippen molar-refractivity contribution in [3.05, 3.63) is 46.5 Å². The number of nitrogens with one attached hydrogen (secondary N) is 1. The zero-order chi connectivity index (χ0) is 15.9. The lowest BCUT2D eigenvalue weighted by atomic mass is 9.82. The molecule has 2 N–H and O–H groups in total. The minimum Gasteiger partial charge on any atom is -0.481 e. The van der Waals surface area contributed by atoms with E-state index in [1.54, 1.807) is 0 Å². The molecule has 2 aliphatic rings. The van der Waals surface area contributed by atoms with Gasteiger partial charge in [0.05, 0.1) is 16.8 Å². The molecule has 114 valence electrons. The number of allylic oxidation sites excluding steroid dienone is 2. The van der Waals surface area contributed by atoms with E-state index in [1.165, 1.54) is 24.3 Å². The van der Waals surface area contributed by atoms with Crippen molar-refractivity contribution in [2.75, 3.05) is 5.32 Å². The molecule has 4 atom stereocenters. The van der Waals surface area contributed by atoms with Gasteiger partial charge in [-0.2, -0.15) is 0 Å². The molecule has 1 aromatic carbocycles. The van der Waals surface area contributed by atoms with Crippen LogP contribution < -0.4 is 5.32 Å². The molecule has 1 amide bonds. The Morgan fingerprint density at radius 3 is 2.27 bits per heavy atom. The smallest absolute Gasteiger partial charge is 0.307 e. The standard InChI is InChI=1S/C15H14N2O5/c18-14(16-10-3-5-11(6-4-10)17(21)22)12-8-1-2-9(7-8)13(12)15(19)20/h1-6,8-9,12-13H,7H2,(H,16,18)(H,19,20). The molecule has 0 radical (unpaired) electrons. The van der Waals surface area contributed by atoms with Crippen LogP contribution in [0, 0.1) is 33.8 Å². The normalized spacial score (nSPS) is 28.5. The summed E-state index contributed by atoms with van der Waals surface area (Å²) in [6, 6.07) is 5.47. The Balaban J connectivity index is 1.75. The molecule has 4 unspecified atom stereocenters. The molecule has 7 heteroatoms. The Kier molecular flexibility index (Phi) is 3.40. The zero-order valence-corrected chi connectivity index (χ0v) is 11.5. The van der Waals surface area contributed by atoms with Gasteiger partial charge in [-0.05, 0) is 30.4 Å². The lowest BCUT2D eigenvalue weighted by Crippen LogP contribution is -2.36. The summed E-state index contributed by atoms with van der Waals surface area (Å²) >= 11 is 0. The highest BCUT2D eigenvalue weighted by Gasteiger charge is 2.51. The van der Waals surface area contributed by atoms with E-state index in [9.17, 15) is 24.8 Å². The van der Waals surface area contributed by atoms with Gasteiger partial charge in [-0.1, -0.05) is 12.2 Å². The number of nitro groups is 1. The summed E-state index contributed by atoms with van der Waals surface area (Å²) in [6.45, 7) is 0. The molecule has 3 rings (SSSR count). The third-order valence-corrected chi connectivity index (χ3v) is 4.39. The molecule has 0 heterocycles. The maximum Gasteiger partial charge on any atom is 0.307 e. The van der Waals surface area contributed by atoms with Gasteiger partial charge >= 0.3 is 5.97 Å². The number of rotatable bonds is 4. The van der Waals surface area contributed by atoms with Crippen LogP contribution in [0.25, 0.3) is 0 Å². The molecule has 22 heavy (non-hydrogen) atoms. The number of fused-ring (bicyclic) bond motifs is 2. The van der Waals surface area contributed by atoms with Crippen molar-refractivity contribution in [1.29, 1.82) is 0 Å². The highest BCUT2D eigenvalue weighted by molar-refractivity contribution is 5.96. The Hall–Kier alpha value is -2.70. The van der Waals surface area contributed by atoms with Gasteiger partial charge in [0, 0.05) is 17.8 Å². The van der Waals surface area contributed by atoms with E-state index >= 15 is 0 Å². The molecular weight excluding hydrogens is 288 g/mol. The van der Waals surface area contributed by atoms with Crippen molar-refractivity contribution in [2.45, 2.75) is 6.42 Å². The SMILES string of the molecule is O=C(O)C1C2C=CC(C2)C1C(=O)Nc1ccc([N+](=O)[O-])cc1. The Labute approximate surface area is 125 Å². The van der Waals surface area contributed by atoms with Crippen LogP contribution in [0.15, 0.2) is 36.4 Å². The maximum absolute atomic E-state index is 12.4. The highest BCUT2D eigenvalue weighted by atomic mass is 16.6. The second-order valence-corrected chi connectivity index (χ2v) is 5.63. The minimum atomic E-state index is -0.958. The molecule has 0 spiro atoms. The quantitative estimate of drug-likeness (QED) is 0.502. The molecule has 1 saturated carbocycles. The number of hydrogen-bond acceptors (Lipinski definition) is 4. The van der Waals surface area contributed by atoms with Gasteiger partial charge in [0.15, 0.2) is 0 Å². The van der Waals surface area contributed by atoms with Gasteiger partial charge in [0.2, 0.25) is 5.91 Å². The van der Waals surface area contributed by atoms with Crippen LogP contribution >= 0.6 is 0 Å². The summed E-state index contributed by atoms with van der Waals surface area (Å²) in [5.74, 6) is -2.74. The number of non-ortho nitro benzene ring substituents is 1. The average molecular weight is 302 g/mol. The van der Waals surface area contributed by atoms with Gasteiger partial charge in [0.25, 0.3) is 5.69 Å². The predicted molar refractivity (Wildman–Crippen MR) is 77.1 cm³/mol. The number of aliphatic carboxylic acids is 1. The van der Waals surface area contributed by atoms with Crippen LogP contribution in [0.2, 0.25) is 0 Å². The number of hydrogen-bond donors (Lipinski definition) is 2. The molecule has 7 nitrogen and oxygen atoms in total. The van der Waals surface area contributed by atoms with E-state index in [2.05, 4.69) is 5.32 Å². The van der Waals surface area contributed by atoms with Crippen molar-refractivity contribution >= 4 is 23.3 Å². The molecule has 0 aliphatic heterocycles. The Morgan fingerprint density at radius 1 is 1.14 bits per heavy atom. The van der Waals surface area contributed by atoms with E-state index in [1.807, 2.05) is 12.2 Å². The van der Waals surface area contributed by atoms with Crippen LogP contribution in [0.3, 0.4) is 0 Å². The first-order valence-electron chi connectivity index (χ1n) is 6.94. The van der Waals surface area contributed by atoms with Crippen molar-refractivity contribution in [3.8, 4) is 0 Å². The summed E-state index contributed by atoms with van der Waals surface area (Å²) in [5, 5.41) is 22.6. The van der Waals surface area contributed by atoms with Crippen LogP contribution in [0.1, 0.15) is 6.42 Å². The monoisotopic (exact) mass is 302 g/mol. The lowest BCUT2D eigenvalue weighted by Gasteiger charge is -2.23. The van der Waals surface area contributed by atoms with E-state index in [0.29, 0.717) is 12.1 Å². The van der Waals surface area contributed by atoms with Crippen LogP contribution in [0.4, 0.5) is 11.4 Å². The first kappa shape index (κ1) is 14.2. The second kappa shape index (κ2) is 5.25. The Morgan fingerprint density at radius 2 is 1.73 bits per heavy atom. The third-order valence-electron chi connectivity index (χ3n) is 4.39. The molecule has 1 fully saturated rings. The summed E-state index contributed by atoms with van der Waals surface area (Å²) in [5.41, 5.74) is 0.357. The maximum atomic E-state index is 12.4. The zero-order valence-electron chi connectivity index (χ0n) is 11.5. The lowest BCUT2D eigenvalue weighted by molar-refractivity contribution is -0.384. The first-order valence-corrected chi connectivity index (χ1v) is 6.94. The molecule has 2 aliphatic carbocycles. The number of nitro benzene ring substituents is 1. The molecule has 0 aromatic heterocycles. The fourth-order valence-electron chi connectivity index (χ4n) is 3.41. The summed E-state index contributed by atoms with van der Waals surface area (Å²) in [4.78, 5) is 33.9. The van der Waals surface area contributed by atoms with E-state index in [4.69, 9.17) is 0 Å². The summed E-state index contributed by atoms with van der Waals surface area (Å²) < 4.78 is 0. The van der Waals surface area contributed by atoms with E-state index in [0.717, 1.165) is 0 Å². The first-order chi connectivity index (χ1) is 10.5.